The number of nitrogens with one attached hydrogen (secondary N) is 3. The van der Waals surface area contributed by atoms with Crippen molar-refractivity contribution in [3.8, 4) is 0 Å². The van der Waals surface area contributed by atoms with Gasteiger partial charge in [-0.05, 0) is 12.8 Å². The Labute approximate surface area is 114 Å². The van der Waals surface area contributed by atoms with Gasteiger partial charge in [0.05, 0.1) is 12.1 Å². The lowest BCUT2D eigenvalue weighted by molar-refractivity contribution is -0.124. The van der Waals surface area contributed by atoms with Gasteiger partial charge in [-0.3, -0.25) is 14.7 Å². The number of aryl methyl sites for hydroxylation is 1. The zero-order valence-corrected chi connectivity index (χ0v) is 12.1. The molecule has 3 N–H and O–H groups in total. The lowest BCUT2D eigenvalue weighted by Crippen LogP contribution is -2.30. The van der Waals surface area contributed by atoms with Crippen LogP contribution in [0.25, 0.3) is 0 Å². The van der Waals surface area contributed by atoms with Crippen LogP contribution in [0.15, 0.2) is 4.79 Å². The second kappa shape index (κ2) is 7.81. The van der Waals surface area contributed by atoms with Gasteiger partial charge in [0, 0.05) is 11.6 Å². The quantitative estimate of drug-likeness (QED) is 0.631. The van der Waals surface area contributed by atoms with Crippen LogP contribution in [-0.4, -0.2) is 16.1 Å². The Kier molecular flexibility index (Phi) is 6.39. The molecule has 1 aromatic rings. The maximum absolute atomic E-state index is 11.9. The largest absolute Gasteiger partial charge is 0.352 e. The Hall–Kier alpha value is -1.52. The molecule has 0 aliphatic heterocycles. The lowest BCUT2D eigenvalue weighted by atomic mass is 10.0. The molecule has 0 radical (unpaired) electrons. The van der Waals surface area contributed by atoms with E-state index < -0.39 is 0 Å². The summed E-state index contributed by atoms with van der Waals surface area (Å²) in [6.07, 6.45) is 5.05. The van der Waals surface area contributed by atoms with Gasteiger partial charge in [-0.2, -0.15) is 0 Å². The van der Waals surface area contributed by atoms with Crippen molar-refractivity contribution >= 4 is 5.91 Å². The Bertz CT molecular complexity index is 448. The normalized spacial score (nSPS) is 12.4. The number of aromatic amines is 2. The van der Waals surface area contributed by atoms with Crippen LogP contribution >= 0.6 is 0 Å². The molecule has 1 heterocycles. The minimum Gasteiger partial charge on any atom is -0.352 e. The topological polar surface area (TPSA) is 77.8 Å². The molecule has 1 rings (SSSR count). The van der Waals surface area contributed by atoms with Gasteiger partial charge in [-0.15, -0.1) is 0 Å². The molecule has 1 amide bonds. The van der Waals surface area contributed by atoms with E-state index in [1.807, 2.05) is 13.8 Å². The average Bonchev–Trinajstić information content (AvgIpc) is 2.76. The molecule has 0 saturated heterocycles. The fourth-order valence-electron chi connectivity index (χ4n) is 2.09. The highest BCUT2D eigenvalue weighted by Crippen LogP contribution is 2.09. The van der Waals surface area contributed by atoms with Gasteiger partial charge in [0.25, 0.3) is 5.56 Å². The number of carbonyl (C=O) groups excluding carboxylic acids is 1. The lowest BCUT2D eigenvalue weighted by Gasteiger charge is -2.11. The molecule has 19 heavy (non-hydrogen) atoms. The van der Waals surface area contributed by atoms with Gasteiger partial charge in [0.15, 0.2) is 0 Å². The molecule has 1 unspecified atom stereocenters. The molecule has 0 saturated carbocycles. The van der Waals surface area contributed by atoms with Crippen molar-refractivity contribution in [2.75, 3.05) is 0 Å². The van der Waals surface area contributed by atoms with E-state index in [1.165, 1.54) is 0 Å². The first-order chi connectivity index (χ1) is 9.10. The summed E-state index contributed by atoms with van der Waals surface area (Å²) in [5, 5.41) is 8.23. The zero-order valence-electron chi connectivity index (χ0n) is 12.1. The molecule has 0 spiro atoms. The Morgan fingerprint density at radius 2 is 2.00 bits per heavy atom. The number of unbranched alkanes of at least 4 members (excludes halogenated alkanes) is 2. The van der Waals surface area contributed by atoms with Crippen LogP contribution in [0.1, 0.15) is 57.7 Å². The maximum Gasteiger partial charge on any atom is 0.269 e. The number of H-pyrrole nitrogens is 2. The SMILES string of the molecule is CCCCCC(C)C(=O)NCc1c(CC)[nH][nH]c1=O. The first-order valence-corrected chi connectivity index (χ1v) is 7.16. The van der Waals surface area contributed by atoms with Crippen LogP contribution in [0.2, 0.25) is 0 Å². The highest BCUT2D eigenvalue weighted by Gasteiger charge is 2.14. The summed E-state index contributed by atoms with van der Waals surface area (Å²) >= 11 is 0. The maximum atomic E-state index is 11.9. The standard InChI is InChI=1S/C14H25N3O2/c1-4-6-7-8-10(3)13(18)15-9-11-12(5-2)16-17-14(11)19/h10H,4-9H2,1-3H3,(H,15,18)(H2,16,17,19). The highest BCUT2D eigenvalue weighted by molar-refractivity contribution is 5.78. The molecular formula is C14H25N3O2. The number of amides is 1. The van der Waals surface area contributed by atoms with Crippen molar-refractivity contribution in [3.05, 3.63) is 21.6 Å². The van der Waals surface area contributed by atoms with Crippen molar-refractivity contribution in [2.24, 2.45) is 5.92 Å². The second-order valence-corrected chi connectivity index (χ2v) is 5.00. The number of carbonyl (C=O) groups is 1. The summed E-state index contributed by atoms with van der Waals surface area (Å²) in [5.74, 6) is 0.0356. The third kappa shape index (κ3) is 4.58. The molecule has 0 bridgehead atoms. The van der Waals surface area contributed by atoms with Crippen LogP contribution in [0, 0.1) is 5.92 Å². The van der Waals surface area contributed by atoms with E-state index in [1.54, 1.807) is 0 Å². The summed E-state index contributed by atoms with van der Waals surface area (Å²) in [6, 6.07) is 0. The first-order valence-electron chi connectivity index (χ1n) is 7.16. The smallest absolute Gasteiger partial charge is 0.269 e. The van der Waals surface area contributed by atoms with Crippen molar-refractivity contribution < 1.29 is 4.79 Å². The van der Waals surface area contributed by atoms with Gasteiger partial charge in [0.2, 0.25) is 5.91 Å². The zero-order chi connectivity index (χ0) is 14.3. The Balaban J connectivity index is 2.45. The van der Waals surface area contributed by atoms with E-state index in [9.17, 15) is 9.59 Å². The molecule has 0 aliphatic carbocycles. The highest BCUT2D eigenvalue weighted by atomic mass is 16.2. The fourth-order valence-corrected chi connectivity index (χ4v) is 2.09. The third-order valence-electron chi connectivity index (χ3n) is 3.45. The van der Waals surface area contributed by atoms with Crippen LogP contribution in [0.5, 0.6) is 0 Å². The summed E-state index contributed by atoms with van der Waals surface area (Å²) in [5.41, 5.74) is 1.36. The van der Waals surface area contributed by atoms with E-state index in [-0.39, 0.29) is 17.4 Å². The Morgan fingerprint density at radius 1 is 1.26 bits per heavy atom. The van der Waals surface area contributed by atoms with E-state index in [0.717, 1.165) is 37.8 Å². The van der Waals surface area contributed by atoms with E-state index >= 15 is 0 Å². The molecule has 108 valence electrons. The van der Waals surface area contributed by atoms with Crippen LogP contribution in [0.4, 0.5) is 0 Å². The number of hydrogen-bond donors (Lipinski definition) is 3. The number of rotatable bonds is 8. The van der Waals surface area contributed by atoms with Crippen LogP contribution in [-0.2, 0) is 17.8 Å². The van der Waals surface area contributed by atoms with Gasteiger partial charge >= 0.3 is 0 Å². The molecule has 0 fully saturated rings. The van der Waals surface area contributed by atoms with Crippen LogP contribution in [0.3, 0.4) is 0 Å². The summed E-state index contributed by atoms with van der Waals surface area (Å²) in [4.78, 5) is 23.5. The minimum atomic E-state index is -0.143. The minimum absolute atomic E-state index is 0.00894. The Morgan fingerprint density at radius 3 is 2.63 bits per heavy atom. The predicted molar refractivity (Wildman–Crippen MR) is 75.9 cm³/mol. The monoisotopic (exact) mass is 267 g/mol. The number of hydrogen-bond acceptors (Lipinski definition) is 2. The van der Waals surface area contributed by atoms with Gasteiger partial charge in [0.1, 0.15) is 0 Å². The molecule has 1 atom stereocenters. The molecule has 5 nitrogen and oxygen atoms in total. The van der Waals surface area contributed by atoms with Crippen molar-refractivity contribution in [1.29, 1.82) is 0 Å². The molecule has 1 aromatic heterocycles. The summed E-state index contributed by atoms with van der Waals surface area (Å²) in [7, 11) is 0. The first kappa shape index (κ1) is 15.5. The molecule has 0 aromatic carbocycles. The van der Waals surface area contributed by atoms with Crippen molar-refractivity contribution in [1.82, 2.24) is 15.5 Å². The molecular weight excluding hydrogens is 242 g/mol. The van der Waals surface area contributed by atoms with Crippen molar-refractivity contribution in [3.63, 3.8) is 0 Å². The average molecular weight is 267 g/mol. The predicted octanol–water partition coefficient (Wildman–Crippen LogP) is 2.10. The number of aromatic nitrogens is 2. The van der Waals surface area contributed by atoms with Gasteiger partial charge in [-0.1, -0.05) is 40.0 Å². The molecule has 5 heteroatoms. The second-order valence-electron chi connectivity index (χ2n) is 5.00. The summed E-state index contributed by atoms with van der Waals surface area (Å²) < 4.78 is 0. The van der Waals surface area contributed by atoms with Crippen LogP contribution < -0.4 is 10.9 Å². The van der Waals surface area contributed by atoms with E-state index in [2.05, 4.69) is 22.4 Å². The molecule has 0 aliphatic rings. The van der Waals surface area contributed by atoms with E-state index in [0.29, 0.717) is 12.1 Å². The van der Waals surface area contributed by atoms with E-state index in [4.69, 9.17) is 0 Å². The van der Waals surface area contributed by atoms with Crippen molar-refractivity contribution in [2.45, 2.75) is 59.4 Å². The third-order valence-corrected chi connectivity index (χ3v) is 3.45. The van der Waals surface area contributed by atoms with Gasteiger partial charge in [-0.25, -0.2) is 0 Å². The summed E-state index contributed by atoms with van der Waals surface area (Å²) in [6.45, 7) is 6.36. The fraction of sp³-hybridized carbons (Fsp3) is 0.714. The van der Waals surface area contributed by atoms with Gasteiger partial charge < -0.3 is 10.4 Å².